The standard InChI is InChI=1S/C24H28N6O2/c1-16(2)14-29-22-20(23(31)28(3)24(29)32)21(26-19-7-5-4-6-8-19)30(27-22)15-18-11-9-17(13-25)10-12-18/h4-12,16,26H,13-15,25H2,1-3H3. The van der Waals surface area contributed by atoms with Crippen molar-refractivity contribution in [3.8, 4) is 0 Å². The third-order valence-corrected chi connectivity index (χ3v) is 5.40. The number of anilines is 2. The molecule has 0 atom stereocenters. The molecule has 0 aliphatic carbocycles. The Morgan fingerprint density at radius 2 is 1.66 bits per heavy atom. The van der Waals surface area contributed by atoms with Gasteiger partial charge in [-0.1, -0.05) is 56.3 Å². The van der Waals surface area contributed by atoms with Crippen LogP contribution in [-0.4, -0.2) is 18.9 Å². The number of nitrogens with one attached hydrogen (secondary N) is 1. The van der Waals surface area contributed by atoms with Crippen molar-refractivity contribution in [1.29, 1.82) is 0 Å². The Morgan fingerprint density at radius 3 is 2.28 bits per heavy atom. The van der Waals surface area contributed by atoms with Crippen molar-refractivity contribution in [1.82, 2.24) is 18.9 Å². The predicted octanol–water partition coefficient (Wildman–Crippen LogP) is 2.80. The molecule has 166 valence electrons. The molecule has 3 N–H and O–H groups in total. The van der Waals surface area contributed by atoms with Crippen LogP contribution >= 0.6 is 0 Å². The first-order valence-corrected chi connectivity index (χ1v) is 10.7. The van der Waals surface area contributed by atoms with Crippen LogP contribution in [0, 0.1) is 5.92 Å². The molecule has 32 heavy (non-hydrogen) atoms. The maximum atomic E-state index is 13.2. The Labute approximate surface area is 185 Å². The number of hydrogen-bond donors (Lipinski definition) is 2. The van der Waals surface area contributed by atoms with Gasteiger partial charge in [0.2, 0.25) is 0 Å². The van der Waals surface area contributed by atoms with Gasteiger partial charge < -0.3 is 11.1 Å². The minimum Gasteiger partial charge on any atom is -0.340 e. The second-order valence-corrected chi connectivity index (χ2v) is 8.37. The highest BCUT2D eigenvalue weighted by atomic mass is 16.2. The fourth-order valence-electron chi connectivity index (χ4n) is 3.74. The lowest BCUT2D eigenvalue weighted by molar-refractivity contribution is 0.498. The van der Waals surface area contributed by atoms with Crippen LogP contribution in [0.15, 0.2) is 64.2 Å². The zero-order chi connectivity index (χ0) is 22.8. The Bertz CT molecular complexity index is 1350. The molecule has 0 aliphatic heterocycles. The van der Waals surface area contributed by atoms with E-state index in [0.29, 0.717) is 36.5 Å². The number of hydrogen-bond acceptors (Lipinski definition) is 5. The molecule has 4 rings (SSSR count). The average Bonchev–Trinajstić information content (AvgIpc) is 3.14. The fraction of sp³-hybridized carbons (Fsp3) is 0.292. The van der Waals surface area contributed by atoms with Crippen molar-refractivity contribution in [2.24, 2.45) is 18.7 Å². The van der Waals surface area contributed by atoms with Crippen LogP contribution in [0.1, 0.15) is 25.0 Å². The Hall–Kier alpha value is -3.65. The van der Waals surface area contributed by atoms with Crippen molar-refractivity contribution in [2.45, 2.75) is 33.5 Å². The van der Waals surface area contributed by atoms with E-state index in [4.69, 9.17) is 10.8 Å². The first kappa shape index (κ1) is 21.6. The predicted molar refractivity (Wildman–Crippen MR) is 127 cm³/mol. The second-order valence-electron chi connectivity index (χ2n) is 8.37. The molecule has 0 fully saturated rings. The van der Waals surface area contributed by atoms with E-state index in [1.165, 1.54) is 7.05 Å². The first-order chi connectivity index (χ1) is 15.4. The summed E-state index contributed by atoms with van der Waals surface area (Å²) in [7, 11) is 1.51. The maximum absolute atomic E-state index is 13.2. The molecule has 8 nitrogen and oxygen atoms in total. The summed E-state index contributed by atoms with van der Waals surface area (Å²) in [5.41, 5.74) is 8.27. The highest BCUT2D eigenvalue weighted by Crippen LogP contribution is 2.25. The van der Waals surface area contributed by atoms with Crippen LogP contribution < -0.4 is 22.3 Å². The summed E-state index contributed by atoms with van der Waals surface area (Å²) < 4.78 is 4.50. The van der Waals surface area contributed by atoms with Gasteiger partial charge in [0, 0.05) is 25.8 Å². The largest absolute Gasteiger partial charge is 0.340 e. The van der Waals surface area contributed by atoms with Crippen molar-refractivity contribution < 1.29 is 0 Å². The highest BCUT2D eigenvalue weighted by Gasteiger charge is 2.22. The second kappa shape index (κ2) is 8.84. The average molecular weight is 433 g/mol. The quantitative estimate of drug-likeness (QED) is 0.468. The van der Waals surface area contributed by atoms with Gasteiger partial charge in [0.25, 0.3) is 5.56 Å². The molecule has 0 saturated carbocycles. The Balaban J connectivity index is 1.94. The lowest BCUT2D eigenvalue weighted by Crippen LogP contribution is -2.38. The van der Waals surface area contributed by atoms with Gasteiger partial charge in [-0.15, -0.1) is 0 Å². The summed E-state index contributed by atoms with van der Waals surface area (Å²) in [6.07, 6.45) is 0. The van der Waals surface area contributed by atoms with Crippen LogP contribution in [0.5, 0.6) is 0 Å². The normalized spacial score (nSPS) is 11.4. The fourth-order valence-corrected chi connectivity index (χ4v) is 3.74. The van der Waals surface area contributed by atoms with Crippen LogP contribution in [0.3, 0.4) is 0 Å². The van der Waals surface area contributed by atoms with Crippen LogP contribution in [-0.2, 0) is 26.7 Å². The number of nitrogens with zero attached hydrogens (tertiary/aromatic N) is 4. The third-order valence-electron chi connectivity index (χ3n) is 5.40. The van der Waals surface area contributed by atoms with Gasteiger partial charge >= 0.3 is 5.69 Å². The summed E-state index contributed by atoms with van der Waals surface area (Å²) in [6, 6.07) is 17.6. The topological polar surface area (TPSA) is 99.9 Å². The van der Waals surface area contributed by atoms with E-state index in [-0.39, 0.29) is 17.2 Å². The van der Waals surface area contributed by atoms with Crippen molar-refractivity contribution >= 4 is 22.5 Å². The van der Waals surface area contributed by atoms with E-state index in [0.717, 1.165) is 21.4 Å². The molecule has 0 unspecified atom stereocenters. The zero-order valence-corrected chi connectivity index (χ0v) is 18.6. The molecule has 0 radical (unpaired) electrons. The summed E-state index contributed by atoms with van der Waals surface area (Å²) >= 11 is 0. The molecule has 2 aromatic carbocycles. The van der Waals surface area contributed by atoms with Crippen LogP contribution in [0.2, 0.25) is 0 Å². The number of para-hydroxylation sites is 1. The molecule has 4 aromatic rings. The molecule has 2 aromatic heterocycles. The molecule has 0 saturated heterocycles. The van der Waals surface area contributed by atoms with Gasteiger partial charge in [-0.05, 0) is 29.2 Å². The van der Waals surface area contributed by atoms with Gasteiger partial charge in [-0.25, -0.2) is 9.48 Å². The van der Waals surface area contributed by atoms with Crippen molar-refractivity contribution in [3.05, 3.63) is 86.6 Å². The van der Waals surface area contributed by atoms with Crippen LogP contribution in [0.4, 0.5) is 11.5 Å². The summed E-state index contributed by atoms with van der Waals surface area (Å²) in [4.78, 5) is 26.1. The minimum absolute atomic E-state index is 0.216. The number of benzene rings is 2. The molecule has 2 heterocycles. The van der Waals surface area contributed by atoms with E-state index < -0.39 is 0 Å². The minimum atomic E-state index is -0.367. The lowest BCUT2D eigenvalue weighted by atomic mass is 10.1. The zero-order valence-electron chi connectivity index (χ0n) is 18.6. The molecule has 0 bridgehead atoms. The van der Waals surface area contributed by atoms with Crippen molar-refractivity contribution in [2.75, 3.05) is 5.32 Å². The Morgan fingerprint density at radius 1 is 1.00 bits per heavy atom. The molecular weight excluding hydrogens is 404 g/mol. The maximum Gasteiger partial charge on any atom is 0.332 e. The van der Waals surface area contributed by atoms with Crippen LogP contribution in [0.25, 0.3) is 11.0 Å². The number of nitrogens with two attached hydrogens (primary N) is 1. The number of aromatic nitrogens is 4. The van der Waals surface area contributed by atoms with Gasteiger partial charge in [0.05, 0.1) is 6.54 Å². The van der Waals surface area contributed by atoms with Gasteiger partial charge in [-0.3, -0.25) is 13.9 Å². The van der Waals surface area contributed by atoms with E-state index in [9.17, 15) is 9.59 Å². The summed E-state index contributed by atoms with van der Waals surface area (Å²) in [6.45, 7) is 5.44. The number of rotatable bonds is 7. The number of fused-ring (bicyclic) bond motifs is 1. The highest BCUT2D eigenvalue weighted by molar-refractivity contribution is 5.89. The van der Waals surface area contributed by atoms with Gasteiger partial charge in [0.15, 0.2) is 5.65 Å². The van der Waals surface area contributed by atoms with Gasteiger partial charge in [-0.2, -0.15) is 5.10 Å². The monoisotopic (exact) mass is 432 g/mol. The summed E-state index contributed by atoms with van der Waals surface area (Å²) in [5, 5.41) is 8.50. The molecule has 0 amide bonds. The SMILES string of the molecule is CC(C)Cn1c(=O)n(C)c(=O)c2c(Nc3ccccc3)n(Cc3ccc(CN)cc3)nc21. The molecule has 0 spiro atoms. The van der Waals surface area contributed by atoms with E-state index in [2.05, 4.69) is 5.32 Å². The lowest BCUT2D eigenvalue weighted by Gasteiger charge is -2.12. The van der Waals surface area contributed by atoms with E-state index in [1.54, 1.807) is 9.25 Å². The van der Waals surface area contributed by atoms with E-state index >= 15 is 0 Å². The smallest absolute Gasteiger partial charge is 0.332 e. The molecule has 8 heteroatoms. The third kappa shape index (κ3) is 4.09. The van der Waals surface area contributed by atoms with Crippen molar-refractivity contribution in [3.63, 3.8) is 0 Å². The summed E-state index contributed by atoms with van der Waals surface area (Å²) in [5.74, 6) is 0.778. The van der Waals surface area contributed by atoms with E-state index in [1.807, 2.05) is 68.4 Å². The molecule has 0 aliphatic rings. The molecular formula is C24H28N6O2. The van der Waals surface area contributed by atoms with Gasteiger partial charge in [0.1, 0.15) is 11.2 Å². The Kier molecular flexibility index (Phi) is 5.96. The first-order valence-electron chi connectivity index (χ1n) is 10.7.